The van der Waals surface area contributed by atoms with E-state index in [2.05, 4.69) is 9.11 Å². The Labute approximate surface area is 143 Å². The van der Waals surface area contributed by atoms with Gasteiger partial charge in [0.2, 0.25) is 10.0 Å². The first-order chi connectivity index (χ1) is 11.4. The maximum atomic E-state index is 13.1. The number of nitrogens with zero attached hydrogens (tertiary/aromatic N) is 2. The zero-order valence-corrected chi connectivity index (χ0v) is 14.7. The molecule has 0 amide bonds. The summed E-state index contributed by atoms with van der Waals surface area (Å²) >= 11 is 0.830. The van der Waals surface area contributed by atoms with Crippen LogP contribution in [0.4, 0.5) is 0 Å². The van der Waals surface area contributed by atoms with Crippen molar-refractivity contribution >= 4 is 33.5 Å². The lowest BCUT2D eigenvalue weighted by Gasteiger charge is -2.31. The lowest BCUT2D eigenvalue weighted by Crippen LogP contribution is -2.46. The zero-order valence-electron chi connectivity index (χ0n) is 13.0. The molecule has 1 aliphatic heterocycles. The van der Waals surface area contributed by atoms with Crippen LogP contribution in [-0.2, 0) is 19.6 Å². The van der Waals surface area contributed by atoms with Crippen molar-refractivity contribution in [1.29, 1.82) is 0 Å². The van der Waals surface area contributed by atoms with Crippen molar-refractivity contribution in [2.75, 3.05) is 7.11 Å². The first-order valence-corrected chi connectivity index (χ1v) is 9.94. The minimum Gasteiger partial charge on any atom is -0.480 e. The number of methoxy groups -OCH3 is 1. The topological polar surface area (TPSA) is 114 Å². The molecular formula is C14H18N2O6S2. The second-order valence-electron chi connectivity index (χ2n) is 6.06. The van der Waals surface area contributed by atoms with E-state index in [0.717, 1.165) is 42.2 Å². The van der Waals surface area contributed by atoms with Gasteiger partial charge in [-0.25, -0.2) is 13.2 Å². The van der Waals surface area contributed by atoms with Crippen LogP contribution < -0.4 is 0 Å². The Morgan fingerprint density at radius 3 is 2.75 bits per heavy atom. The highest BCUT2D eigenvalue weighted by Gasteiger charge is 2.52. The molecule has 1 saturated carbocycles. The molecular weight excluding hydrogens is 356 g/mol. The Bertz CT molecular complexity index is 759. The maximum Gasteiger partial charge on any atom is 0.359 e. The number of rotatable bonds is 4. The van der Waals surface area contributed by atoms with Gasteiger partial charge >= 0.3 is 11.9 Å². The van der Waals surface area contributed by atoms with Crippen LogP contribution in [0.15, 0.2) is 10.3 Å². The Hall–Kier alpha value is -1.52. The molecule has 1 N–H and O–H groups in total. The number of aliphatic carboxylic acids is 1. The second-order valence-corrected chi connectivity index (χ2v) is 8.50. The molecule has 24 heavy (non-hydrogen) atoms. The largest absolute Gasteiger partial charge is 0.480 e. The van der Waals surface area contributed by atoms with Gasteiger partial charge in [-0.3, -0.25) is 4.79 Å². The van der Waals surface area contributed by atoms with Gasteiger partial charge in [0.25, 0.3) is 0 Å². The predicted molar refractivity (Wildman–Crippen MR) is 84.3 cm³/mol. The minimum absolute atomic E-state index is 0.0443. The number of carbonyl (C=O) groups excluding carboxylic acids is 1. The SMILES string of the molecule is COC(=O)c1nscc1S(=O)(=O)N1C(C(=O)O)CC2CCCCC21. The van der Waals surface area contributed by atoms with E-state index in [4.69, 9.17) is 0 Å². The summed E-state index contributed by atoms with van der Waals surface area (Å²) in [6.45, 7) is 0. The number of esters is 1. The molecule has 3 unspecified atom stereocenters. The molecule has 132 valence electrons. The van der Waals surface area contributed by atoms with Gasteiger partial charge in [0.1, 0.15) is 10.9 Å². The van der Waals surface area contributed by atoms with Crippen molar-refractivity contribution in [3.63, 3.8) is 0 Å². The van der Waals surface area contributed by atoms with Gasteiger partial charge in [0, 0.05) is 11.4 Å². The number of carboxylic acids is 1. The number of hydrogen-bond acceptors (Lipinski definition) is 7. The molecule has 0 spiro atoms. The van der Waals surface area contributed by atoms with Crippen LogP contribution >= 0.6 is 11.5 Å². The summed E-state index contributed by atoms with van der Waals surface area (Å²) in [6, 6.07) is -1.44. The molecule has 3 rings (SSSR count). The first-order valence-electron chi connectivity index (χ1n) is 7.67. The lowest BCUT2D eigenvalue weighted by molar-refractivity contribution is -0.141. The summed E-state index contributed by atoms with van der Waals surface area (Å²) in [4.78, 5) is 23.1. The molecule has 1 aromatic rings. The van der Waals surface area contributed by atoms with Gasteiger partial charge in [-0.15, -0.1) is 0 Å². The third kappa shape index (κ3) is 2.72. The number of ether oxygens (including phenoxy) is 1. The van der Waals surface area contributed by atoms with E-state index < -0.39 is 28.0 Å². The Balaban J connectivity index is 2.05. The predicted octanol–water partition coefficient (Wildman–Crippen LogP) is 1.34. The van der Waals surface area contributed by atoms with Gasteiger partial charge in [-0.1, -0.05) is 12.8 Å². The molecule has 0 radical (unpaired) electrons. The monoisotopic (exact) mass is 374 g/mol. The quantitative estimate of drug-likeness (QED) is 0.791. The van der Waals surface area contributed by atoms with Crippen LogP contribution in [0, 0.1) is 5.92 Å². The van der Waals surface area contributed by atoms with Crippen LogP contribution in [0.1, 0.15) is 42.6 Å². The number of carboxylic acid groups (broad SMARTS) is 1. The highest BCUT2D eigenvalue weighted by molar-refractivity contribution is 7.89. The summed E-state index contributed by atoms with van der Waals surface area (Å²) in [5, 5.41) is 10.8. The number of carbonyl (C=O) groups is 2. The summed E-state index contributed by atoms with van der Waals surface area (Å²) in [7, 11) is -3.00. The van der Waals surface area contributed by atoms with E-state index in [9.17, 15) is 23.1 Å². The van der Waals surface area contributed by atoms with E-state index >= 15 is 0 Å². The van der Waals surface area contributed by atoms with Crippen LogP contribution in [0.25, 0.3) is 0 Å². The van der Waals surface area contributed by atoms with Gasteiger partial charge in [-0.05, 0) is 36.7 Å². The molecule has 1 saturated heterocycles. The summed E-state index contributed by atoms with van der Waals surface area (Å²) in [5.41, 5.74) is -0.286. The zero-order chi connectivity index (χ0) is 17.5. The Morgan fingerprint density at radius 1 is 1.38 bits per heavy atom. The van der Waals surface area contributed by atoms with E-state index in [1.807, 2.05) is 0 Å². The Morgan fingerprint density at radius 2 is 2.08 bits per heavy atom. The summed E-state index contributed by atoms with van der Waals surface area (Å²) in [5.74, 6) is -1.96. The van der Waals surface area contributed by atoms with E-state index in [0.29, 0.717) is 12.8 Å². The average Bonchev–Trinajstić information content (AvgIpc) is 3.19. The van der Waals surface area contributed by atoms with E-state index in [-0.39, 0.29) is 22.5 Å². The highest BCUT2D eigenvalue weighted by atomic mass is 32.2. The second kappa shape index (κ2) is 6.41. The fourth-order valence-electron chi connectivity index (χ4n) is 3.73. The number of hydrogen-bond donors (Lipinski definition) is 1. The smallest absolute Gasteiger partial charge is 0.359 e. The number of aromatic nitrogens is 1. The van der Waals surface area contributed by atoms with Gasteiger partial charge in [0.05, 0.1) is 7.11 Å². The van der Waals surface area contributed by atoms with E-state index in [1.54, 1.807) is 0 Å². The fourth-order valence-corrected chi connectivity index (χ4v) is 6.69. The fraction of sp³-hybridized carbons (Fsp3) is 0.643. The van der Waals surface area contributed by atoms with Gasteiger partial charge in [-0.2, -0.15) is 8.68 Å². The summed E-state index contributed by atoms with van der Waals surface area (Å²) in [6.07, 6.45) is 3.62. The number of sulfonamides is 1. The minimum atomic E-state index is -4.15. The molecule has 0 aromatic carbocycles. The third-order valence-corrected chi connectivity index (χ3v) is 7.51. The van der Waals surface area contributed by atoms with Crippen LogP contribution in [0.2, 0.25) is 0 Å². The average molecular weight is 374 g/mol. The maximum absolute atomic E-state index is 13.1. The number of fused-ring (bicyclic) bond motifs is 1. The molecule has 2 heterocycles. The van der Waals surface area contributed by atoms with Crippen LogP contribution in [0.3, 0.4) is 0 Å². The van der Waals surface area contributed by atoms with Gasteiger partial charge < -0.3 is 9.84 Å². The molecule has 1 aromatic heterocycles. The van der Waals surface area contributed by atoms with Crippen LogP contribution in [0.5, 0.6) is 0 Å². The van der Waals surface area contributed by atoms with Crippen molar-refractivity contribution in [1.82, 2.24) is 8.68 Å². The lowest BCUT2D eigenvalue weighted by atomic mass is 9.85. The molecule has 2 fully saturated rings. The molecule has 3 atom stereocenters. The van der Waals surface area contributed by atoms with Gasteiger partial charge in [0.15, 0.2) is 5.69 Å². The van der Waals surface area contributed by atoms with E-state index in [1.165, 1.54) is 5.38 Å². The normalized spacial score (nSPS) is 27.6. The molecule has 10 heteroatoms. The standard InChI is InChI=1S/C14H18N2O6S2/c1-22-14(19)12-11(7-23-15-12)24(20,21)16-9-5-3-2-4-8(9)6-10(16)13(17)18/h7-10H,2-6H2,1H3,(H,17,18). The molecule has 8 nitrogen and oxygen atoms in total. The van der Waals surface area contributed by atoms with Crippen molar-refractivity contribution in [3.05, 3.63) is 11.1 Å². The summed E-state index contributed by atoms with van der Waals surface area (Å²) < 4.78 is 35.7. The van der Waals surface area contributed by atoms with Crippen molar-refractivity contribution in [3.8, 4) is 0 Å². The Kier molecular flexibility index (Phi) is 4.63. The highest BCUT2D eigenvalue weighted by Crippen LogP contribution is 2.43. The molecule has 1 aliphatic carbocycles. The first kappa shape index (κ1) is 17.3. The molecule has 2 aliphatic rings. The van der Waals surface area contributed by atoms with Crippen molar-refractivity contribution in [2.24, 2.45) is 5.92 Å². The van der Waals surface area contributed by atoms with Crippen molar-refractivity contribution in [2.45, 2.75) is 49.1 Å². The van der Waals surface area contributed by atoms with Crippen molar-refractivity contribution < 1.29 is 27.9 Å². The third-order valence-electron chi connectivity index (χ3n) is 4.79. The molecule has 0 bridgehead atoms. The van der Waals surface area contributed by atoms with Crippen LogP contribution in [-0.4, -0.2) is 53.3 Å².